The van der Waals surface area contributed by atoms with E-state index in [2.05, 4.69) is 15.3 Å². The van der Waals surface area contributed by atoms with Crippen LogP contribution in [-0.4, -0.2) is 33.1 Å². The van der Waals surface area contributed by atoms with E-state index in [4.69, 9.17) is 5.73 Å². The van der Waals surface area contributed by atoms with Gasteiger partial charge in [0.05, 0.1) is 5.75 Å². The topological polar surface area (TPSA) is 98.0 Å². The Hall–Kier alpha value is -1.63. The minimum absolute atomic E-state index is 0.143. The smallest absolute Gasteiger partial charge is 0.242 e. The summed E-state index contributed by atoms with van der Waals surface area (Å²) in [4.78, 5) is 32.3. The van der Waals surface area contributed by atoms with Crippen molar-refractivity contribution in [3.05, 3.63) is 17.5 Å². The maximum Gasteiger partial charge on any atom is 0.242 e. The highest BCUT2D eigenvalue weighted by Gasteiger charge is 2.33. The van der Waals surface area contributed by atoms with Gasteiger partial charge < -0.3 is 11.1 Å². The van der Waals surface area contributed by atoms with Gasteiger partial charge in [0.2, 0.25) is 11.8 Å². The first-order valence-corrected chi connectivity index (χ1v) is 8.17. The number of hydrogen-bond donors (Lipinski definition) is 2. The lowest BCUT2D eigenvalue weighted by Gasteiger charge is -2.29. The van der Waals surface area contributed by atoms with Crippen molar-refractivity contribution in [1.82, 2.24) is 15.3 Å². The molecule has 1 aromatic heterocycles. The van der Waals surface area contributed by atoms with Gasteiger partial charge >= 0.3 is 0 Å². The zero-order chi connectivity index (χ0) is 16.9. The van der Waals surface area contributed by atoms with E-state index >= 15 is 0 Å². The number of nitrogens with one attached hydrogen (secondary N) is 1. The van der Waals surface area contributed by atoms with Gasteiger partial charge in [-0.25, -0.2) is 9.97 Å². The van der Waals surface area contributed by atoms with E-state index in [1.54, 1.807) is 6.92 Å². The second kappa shape index (κ2) is 7.58. The summed E-state index contributed by atoms with van der Waals surface area (Å²) in [7, 11) is 0. The molecule has 3 N–H and O–H groups in total. The van der Waals surface area contributed by atoms with Crippen LogP contribution in [0.5, 0.6) is 0 Å². The van der Waals surface area contributed by atoms with Crippen LogP contribution in [0.1, 0.15) is 38.6 Å². The molecule has 7 heteroatoms. The summed E-state index contributed by atoms with van der Waals surface area (Å²) in [5.41, 5.74) is 6.11. The lowest BCUT2D eigenvalue weighted by Crippen LogP contribution is -2.56. The van der Waals surface area contributed by atoms with Crippen molar-refractivity contribution >= 4 is 23.6 Å². The van der Waals surface area contributed by atoms with Crippen LogP contribution in [0.15, 0.2) is 11.2 Å². The molecule has 0 bridgehead atoms. The zero-order valence-corrected chi connectivity index (χ0v) is 14.6. The van der Waals surface area contributed by atoms with Gasteiger partial charge in [0.25, 0.3) is 0 Å². The lowest BCUT2D eigenvalue weighted by molar-refractivity contribution is -0.130. The molecule has 0 spiro atoms. The second-order valence-corrected chi connectivity index (χ2v) is 7.01. The molecule has 122 valence electrons. The molecule has 0 aliphatic heterocycles. The zero-order valence-electron chi connectivity index (χ0n) is 13.8. The van der Waals surface area contributed by atoms with Gasteiger partial charge in [0, 0.05) is 11.4 Å². The molecule has 1 rings (SSSR count). The molecule has 1 aromatic rings. The SMILES string of the molecule is Cc1cc(C)nc(SCC(=O)NC(C)(CC(C)C)C(N)=O)n1. The number of aromatic nitrogens is 2. The molecule has 0 aromatic carbocycles. The summed E-state index contributed by atoms with van der Waals surface area (Å²) in [6.45, 7) is 9.37. The van der Waals surface area contributed by atoms with Crippen molar-refractivity contribution in [3.8, 4) is 0 Å². The van der Waals surface area contributed by atoms with Gasteiger partial charge in [0.1, 0.15) is 5.54 Å². The molecule has 1 unspecified atom stereocenters. The summed E-state index contributed by atoms with van der Waals surface area (Å²) in [6.07, 6.45) is 0.499. The molecule has 6 nitrogen and oxygen atoms in total. The minimum atomic E-state index is -1.03. The number of nitrogens with two attached hydrogens (primary N) is 1. The van der Waals surface area contributed by atoms with Crippen LogP contribution in [0.4, 0.5) is 0 Å². The lowest BCUT2D eigenvalue weighted by atomic mass is 9.90. The van der Waals surface area contributed by atoms with Crippen LogP contribution in [0, 0.1) is 19.8 Å². The largest absolute Gasteiger partial charge is 0.368 e. The Morgan fingerprint density at radius 3 is 2.32 bits per heavy atom. The first kappa shape index (κ1) is 18.4. The van der Waals surface area contributed by atoms with Crippen molar-refractivity contribution in [2.75, 3.05) is 5.75 Å². The summed E-state index contributed by atoms with van der Waals surface area (Å²) in [5.74, 6) is -0.394. The predicted molar refractivity (Wildman–Crippen MR) is 87.4 cm³/mol. The van der Waals surface area contributed by atoms with E-state index in [-0.39, 0.29) is 17.6 Å². The number of carbonyl (C=O) groups excluding carboxylic acids is 2. The fourth-order valence-corrected chi connectivity index (χ4v) is 3.01. The number of hydrogen-bond acceptors (Lipinski definition) is 5. The third-order valence-electron chi connectivity index (χ3n) is 3.07. The number of amides is 2. The fourth-order valence-electron chi connectivity index (χ4n) is 2.26. The van der Waals surface area contributed by atoms with Gasteiger partial charge in [-0.3, -0.25) is 9.59 Å². The highest BCUT2D eigenvalue weighted by molar-refractivity contribution is 7.99. The van der Waals surface area contributed by atoms with Gasteiger partial charge in [-0.15, -0.1) is 0 Å². The van der Waals surface area contributed by atoms with Crippen LogP contribution in [0.3, 0.4) is 0 Å². The van der Waals surface area contributed by atoms with Gasteiger partial charge in [-0.05, 0) is 39.2 Å². The van der Waals surface area contributed by atoms with E-state index < -0.39 is 11.4 Å². The van der Waals surface area contributed by atoms with E-state index in [0.717, 1.165) is 11.4 Å². The quantitative estimate of drug-likeness (QED) is 0.586. The Morgan fingerprint density at radius 2 is 1.86 bits per heavy atom. The summed E-state index contributed by atoms with van der Waals surface area (Å²) in [5, 5.41) is 3.29. The number of rotatable bonds is 7. The number of carbonyl (C=O) groups is 2. The molecule has 1 heterocycles. The third-order valence-corrected chi connectivity index (χ3v) is 3.92. The van der Waals surface area contributed by atoms with E-state index in [1.807, 2.05) is 33.8 Å². The molecule has 0 saturated carbocycles. The van der Waals surface area contributed by atoms with E-state index in [9.17, 15) is 9.59 Å². The average Bonchev–Trinajstić information content (AvgIpc) is 2.34. The van der Waals surface area contributed by atoms with Crippen LogP contribution < -0.4 is 11.1 Å². The summed E-state index contributed by atoms with van der Waals surface area (Å²) < 4.78 is 0. The van der Waals surface area contributed by atoms with Crippen LogP contribution >= 0.6 is 11.8 Å². The monoisotopic (exact) mass is 324 g/mol. The first-order chi connectivity index (χ1) is 10.1. The molecule has 2 amide bonds. The molecule has 0 aliphatic rings. The van der Waals surface area contributed by atoms with Crippen molar-refractivity contribution in [1.29, 1.82) is 0 Å². The molecule has 22 heavy (non-hydrogen) atoms. The summed E-state index contributed by atoms with van der Waals surface area (Å²) in [6, 6.07) is 1.87. The minimum Gasteiger partial charge on any atom is -0.368 e. The normalized spacial score (nSPS) is 13.7. The molecule has 0 fully saturated rings. The standard InChI is InChI=1S/C15H24N4O2S/c1-9(2)7-15(5,13(16)21)19-12(20)8-22-14-17-10(3)6-11(4)18-14/h6,9H,7-8H2,1-5H3,(H2,16,21)(H,19,20). The number of primary amides is 1. The van der Waals surface area contributed by atoms with Crippen molar-refractivity contribution in [2.45, 2.75) is 51.7 Å². The van der Waals surface area contributed by atoms with Gasteiger partial charge in [0.15, 0.2) is 5.16 Å². The predicted octanol–water partition coefficient (Wildman–Crippen LogP) is 1.59. The molecule has 0 aliphatic carbocycles. The van der Waals surface area contributed by atoms with Crippen LogP contribution in [0.25, 0.3) is 0 Å². The Balaban J connectivity index is 2.66. The average molecular weight is 324 g/mol. The summed E-state index contributed by atoms with van der Waals surface area (Å²) >= 11 is 1.24. The highest BCUT2D eigenvalue weighted by Crippen LogP contribution is 2.18. The van der Waals surface area contributed by atoms with Crippen LogP contribution in [0.2, 0.25) is 0 Å². The maximum absolute atomic E-state index is 12.1. The molecule has 0 saturated heterocycles. The van der Waals surface area contributed by atoms with Crippen molar-refractivity contribution < 1.29 is 9.59 Å². The second-order valence-electron chi connectivity index (χ2n) is 6.06. The van der Waals surface area contributed by atoms with Gasteiger partial charge in [-0.2, -0.15) is 0 Å². The first-order valence-electron chi connectivity index (χ1n) is 7.18. The molecule has 0 radical (unpaired) electrons. The van der Waals surface area contributed by atoms with E-state index in [1.165, 1.54) is 11.8 Å². The highest BCUT2D eigenvalue weighted by atomic mass is 32.2. The molecular weight excluding hydrogens is 300 g/mol. The number of thioether (sulfide) groups is 1. The Kier molecular flexibility index (Phi) is 6.34. The number of nitrogens with zero attached hydrogens (tertiary/aromatic N) is 2. The molecule has 1 atom stereocenters. The Bertz CT molecular complexity index is 542. The van der Waals surface area contributed by atoms with Crippen LogP contribution in [-0.2, 0) is 9.59 Å². The molecular formula is C15H24N4O2S. The maximum atomic E-state index is 12.1. The fraction of sp³-hybridized carbons (Fsp3) is 0.600. The Morgan fingerprint density at radius 1 is 1.32 bits per heavy atom. The Labute approximate surface area is 135 Å². The third kappa shape index (κ3) is 5.63. The number of aryl methyl sites for hydroxylation is 2. The van der Waals surface area contributed by atoms with Crippen molar-refractivity contribution in [2.24, 2.45) is 11.7 Å². The van der Waals surface area contributed by atoms with Crippen molar-refractivity contribution in [3.63, 3.8) is 0 Å². The van der Waals surface area contributed by atoms with Gasteiger partial charge in [-0.1, -0.05) is 25.6 Å². The van der Waals surface area contributed by atoms with E-state index in [0.29, 0.717) is 11.6 Å².